The first-order valence-electron chi connectivity index (χ1n) is 8.89. The van der Waals surface area contributed by atoms with Gasteiger partial charge in [0, 0.05) is 24.0 Å². The minimum Gasteiger partial charge on any atom is -0.486 e. The van der Waals surface area contributed by atoms with E-state index in [4.69, 9.17) is 9.47 Å². The highest BCUT2D eigenvalue weighted by atomic mass is 32.1. The van der Waals surface area contributed by atoms with Gasteiger partial charge in [-0.05, 0) is 30.5 Å². The zero-order chi connectivity index (χ0) is 19.0. The number of carboxylic acids is 1. The van der Waals surface area contributed by atoms with Crippen molar-refractivity contribution in [2.75, 3.05) is 26.3 Å². The van der Waals surface area contributed by atoms with Crippen molar-refractivity contribution < 1.29 is 24.2 Å². The molecule has 142 valence electrons. The summed E-state index contributed by atoms with van der Waals surface area (Å²) in [6.45, 7) is 3.80. The molecule has 1 saturated heterocycles. The summed E-state index contributed by atoms with van der Waals surface area (Å²) in [4.78, 5) is 30.3. The maximum Gasteiger partial charge on any atom is 0.308 e. The van der Waals surface area contributed by atoms with Gasteiger partial charge in [0.2, 0.25) is 0 Å². The number of rotatable bonds is 3. The standard InChI is InChI=1S/C19H20N2O5S/c1-11-6-13(19(23)24)9-21(8-11)18(22)14-10-27-17(20-14)12-2-3-15-16(7-12)26-5-4-25-15/h2-3,7,10-11,13H,4-6,8-9H2,1H3,(H,23,24). The third kappa shape index (κ3) is 3.62. The normalized spacial score (nSPS) is 21.7. The molecule has 2 aliphatic rings. The first kappa shape index (κ1) is 17.8. The van der Waals surface area contributed by atoms with Gasteiger partial charge in [0.25, 0.3) is 5.91 Å². The molecule has 0 bridgehead atoms. The minimum atomic E-state index is -0.852. The van der Waals surface area contributed by atoms with E-state index in [0.717, 1.165) is 10.6 Å². The Hall–Kier alpha value is -2.61. The lowest BCUT2D eigenvalue weighted by Gasteiger charge is -2.34. The number of thiazole rings is 1. The summed E-state index contributed by atoms with van der Waals surface area (Å²) in [6.07, 6.45) is 0.596. The van der Waals surface area contributed by atoms with E-state index >= 15 is 0 Å². The number of benzene rings is 1. The van der Waals surface area contributed by atoms with Gasteiger partial charge in [-0.15, -0.1) is 11.3 Å². The molecular weight excluding hydrogens is 368 g/mol. The largest absolute Gasteiger partial charge is 0.486 e. The molecule has 1 aromatic heterocycles. The molecule has 8 heteroatoms. The number of ether oxygens (including phenoxy) is 2. The summed E-state index contributed by atoms with van der Waals surface area (Å²) >= 11 is 1.38. The highest BCUT2D eigenvalue weighted by molar-refractivity contribution is 7.13. The zero-order valence-corrected chi connectivity index (χ0v) is 15.7. The molecular formula is C19H20N2O5S. The molecule has 0 saturated carbocycles. The van der Waals surface area contributed by atoms with Crippen LogP contribution in [-0.2, 0) is 4.79 Å². The van der Waals surface area contributed by atoms with Crippen molar-refractivity contribution in [2.24, 2.45) is 11.8 Å². The predicted molar refractivity (Wildman–Crippen MR) is 99.4 cm³/mol. The summed E-state index contributed by atoms with van der Waals surface area (Å²) < 4.78 is 11.1. The van der Waals surface area contributed by atoms with Gasteiger partial charge in [0.15, 0.2) is 11.5 Å². The number of nitrogens with zero attached hydrogens (tertiary/aromatic N) is 2. The lowest BCUT2D eigenvalue weighted by molar-refractivity contribution is -0.143. The molecule has 2 aromatic rings. The van der Waals surface area contributed by atoms with Crippen LogP contribution >= 0.6 is 11.3 Å². The number of carbonyl (C=O) groups excluding carboxylic acids is 1. The number of aliphatic carboxylic acids is 1. The van der Waals surface area contributed by atoms with Crippen LogP contribution in [0.4, 0.5) is 0 Å². The Kier molecular flexibility index (Phi) is 4.73. The van der Waals surface area contributed by atoms with E-state index in [9.17, 15) is 14.7 Å². The third-order valence-electron chi connectivity index (χ3n) is 4.81. The molecule has 3 heterocycles. The van der Waals surface area contributed by atoms with Gasteiger partial charge in [0.1, 0.15) is 23.9 Å². The molecule has 2 aliphatic heterocycles. The molecule has 0 spiro atoms. The van der Waals surface area contributed by atoms with Gasteiger partial charge in [-0.25, -0.2) is 4.98 Å². The zero-order valence-electron chi connectivity index (χ0n) is 14.9. The number of aromatic nitrogens is 1. The van der Waals surface area contributed by atoms with Crippen molar-refractivity contribution >= 4 is 23.2 Å². The van der Waals surface area contributed by atoms with E-state index in [1.165, 1.54) is 11.3 Å². The predicted octanol–water partition coefficient (Wildman–Crippen LogP) is 2.76. The van der Waals surface area contributed by atoms with Crippen LogP contribution in [0.15, 0.2) is 23.6 Å². The Morgan fingerprint density at radius 3 is 2.78 bits per heavy atom. The van der Waals surface area contributed by atoms with Crippen LogP contribution in [0.5, 0.6) is 11.5 Å². The number of carbonyl (C=O) groups is 2. The molecule has 1 fully saturated rings. The Morgan fingerprint density at radius 2 is 2.00 bits per heavy atom. The molecule has 7 nitrogen and oxygen atoms in total. The number of amides is 1. The Bertz CT molecular complexity index is 881. The molecule has 27 heavy (non-hydrogen) atoms. The summed E-state index contributed by atoms with van der Waals surface area (Å²) in [6, 6.07) is 5.60. The smallest absolute Gasteiger partial charge is 0.308 e. The van der Waals surface area contributed by atoms with Crippen LogP contribution in [-0.4, -0.2) is 53.2 Å². The van der Waals surface area contributed by atoms with Gasteiger partial charge < -0.3 is 19.5 Å². The first-order chi connectivity index (χ1) is 13.0. The fourth-order valence-electron chi connectivity index (χ4n) is 3.54. The van der Waals surface area contributed by atoms with Crippen LogP contribution in [0.1, 0.15) is 23.8 Å². The van der Waals surface area contributed by atoms with E-state index in [1.807, 2.05) is 25.1 Å². The van der Waals surface area contributed by atoms with E-state index < -0.39 is 11.9 Å². The van der Waals surface area contributed by atoms with E-state index in [0.29, 0.717) is 43.4 Å². The average molecular weight is 388 g/mol. The van der Waals surface area contributed by atoms with Crippen molar-refractivity contribution in [1.82, 2.24) is 9.88 Å². The summed E-state index contributed by atoms with van der Waals surface area (Å²) in [5, 5.41) is 11.7. The van der Waals surface area contributed by atoms with Crippen molar-refractivity contribution in [3.8, 4) is 22.1 Å². The molecule has 0 aliphatic carbocycles. The summed E-state index contributed by atoms with van der Waals surface area (Å²) in [5.74, 6) is -0.0494. The molecule has 1 N–H and O–H groups in total. The van der Waals surface area contributed by atoms with Gasteiger partial charge in [-0.3, -0.25) is 9.59 Å². The third-order valence-corrected chi connectivity index (χ3v) is 5.70. The van der Waals surface area contributed by atoms with Crippen LogP contribution in [0.2, 0.25) is 0 Å². The number of piperidine rings is 1. The average Bonchev–Trinajstić information content (AvgIpc) is 3.16. The monoisotopic (exact) mass is 388 g/mol. The summed E-state index contributed by atoms with van der Waals surface area (Å²) in [5.41, 5.74) is 1.21. The minimum absolute atomic E-state index is 0.153. The van der Waals surface area contributed by atoms with Crippen molar-refractivity contribution in [2.45, 2.75) is 13.3 Å². The number of hydrogen-bond donors (Lipinski definition) is 1. The van der Waals surface area contributed by atoms with E-state index in [-0.39, 0.29) is 18.4 Å². The van der Waals surface area contributed by atoms with Gasteiger partial charge in [-0.1, -0.05) is 6.92 Å². The fourth-order valence-corrected chi connectivity index (χ4v) is 4.33. The molecule has 0 radical (unpaired) electrons. The van der Waals surface area contributed by atoms with Crippen LogP contribution < -0.4 is 9.47 Å². The Morgan fingerprint density at radius 1 is 1.22 bits per heavy atom. The fraction of sp³-hybridized carbons (Fsp3) is 0.421. The van der Waals surface area contributed by atoms with Crippen molar-refractivity contribution in [1.29, 1.82) is 0 Å². The number of carboxylic acid groups (broad SMARTS) is 1. The molecule has 1 aromatic carbocycles. The van der Waals surface area contributed by atoms with Crippen LogP contribution in [0.3, 0.4) is 0 Å². The van der Waals surface area contributed by atoms with Crippen molar-refractivity contribution in [3.63, 3.8) is 0 Å². The van der Waals surface area contributed by atoms with Crippen LogP contribution in [0, 0.1) is 11.8 Å². The highest BCUT2D eigenvalue weighted by Crippen LogP contribution is 2.35. The summed E-state index contributed by atoms with van der Waals surface area (Å²) in [7, 11) is 0. The number of fused-ring (bicyclic) bond motifs is 1. The Balaban J connectivity index is 1.53. The Labute approximate surface area is 160 Å². The maximum atomic E-state index is 12.8. The SMILES string of the molecule is CC1CC(C(=O)O)CN(C(=O)c2csc(-c3ccc4c(c3)OCCO4)n2)C1. The first-order valence-corrected chi connectivity index (χ1v) is 9.77. The lowest BCUT2D eigenvalue weighted by Crippen LogP contribution is -2.45. The highest BCUT2D eigenvalue weighted by Gasteiger charge is 2.33. The maximum absolute atomic E-state index is 12.8. The van der Waals surface area contributed by atoms with E-state index in [2.05, 4.69) is 4.98 Å². The van der Waals surface area contributed by atoms with Gasteiger partial charge in [0.05, 0.1) is 5.92 Å². The molecule has 4 rings (SSSR count). The van der Waals surface area contributed by atoms with Gasteiger partial charge in [-0.2, -0.15) is 0 Å². The van der Waals surface area contributed by atoms with Gasteiger partial charge >= 0.3 is 5.97 Å². The second kappa shape index (κ2) is 7.19. The topological polar surface area (TPSA) is 89.0 Å². The molecule has 2 atom stereocenters. The second-order valence-corrected chi connectivity index (χ2v) is 7.84. The molecule has 1 amide bonds. The lowest BCUT2D eigenvalue weighted by atomic mass is 9.90. The quantitative estimate of drug-likeness (QED) is 0.870. The second-order valence-electron chi connectivity index (χ2n) is 6.98. The number of hydrogen-bond acceptors (Lipinski definition) is 6. The molecule has 2 unspecified atom stereocenters. The van der Waals surface area contributed by atoms with Crippen LogP contribution in [0.25, 0.3) is 10.6 Å². The van der Waals surface area contributed by atoms with E-state index in [1.54, 1.807) is 10.3 Å². The van der Waals surface area contributed by atoms with Crippen molar-refractivity contribution in [3.05, 3.63) is 29.3 Å². The number of likely N-dealkylation sites (tertiary alicyclic amines) is 1.